The van der Waals surface area contributed by atoms with Gasteiger partial charge in [0.15, 0.2) is 0 Å². The molecular weight excluding hydrogens is 406 g/mol. The van der Waals surface area contributed by atoms with Crippen LogP contribution in [0.5, 0.6) is 0 Å². The number of aromatic nitrogens is 5. The number of fused-ring (bicyclic) bond motifs is 1. The fourth-order valence-electron chi connectivity index (χ4n) is 3.59. The molecule has 10 heteroatoms. The monoisotopic (exact) mass is 427 g/mol. The topological polar surface area (TPSA) is 161 Å². The van der Waals surface area contributed by atoms with Gasteiger partial charge in [0.1, 0.15) is 17.5 Å². The Hall–Kier alpha value is -4.52. The molecule has 0 aliphatic heterocycles. The molecule has 0 saturated carbocycles. The van der Waals surface area contributed by atoms with Crippen LogP contribution >= 0.6 is 0 Å². The Morgan fingerprint density at radius 2 is 2.03 bits per heavy atom. The highest BCUT2D eigenvalue weighted by Gasteiger charge is 2.20. The lowest BCUT2D eigenvalue weighted by Crippen LogP contribution is -2.15. The van der Waals surface area contributed by atoms with Crippen molar-refractivity contribution in [2.45, 2.75) is 19.9 Å². The van der Waals surface area contributed by atoms with E-state index in [1.807, 2.05) is 36.9 Å². The molecule has 4 aromatic rings. The zero-order valence-corrected chi connectivity index (χ0v) is 17.8. The molecule has 0 spiro atoms. The van der Waals surface area contributed by atoms with Crippen LogP contribution in [-0.4, -0.2) is 30.4 Å². The molecule has 4 aromatic heterocycles. The average molecular weight is 427 g/mol. The standard InChI is InChI=1S/C22H21N9O/c1-11-16(8-23)21(30-22(25)28-11)27-12(2)19-15(7-18-17(29-19)4-5-31(18)3)13-6-14(20(24)32)10-26-9-13/h4-7,9-10,12H,1-3H3,(H2,24,32)(H3,25,27,28,30)/t12-/m0/s1. The van der Waals surface area contributed by atoms with Crippen LogP contribution < -0.4 is 16.8 Å². The summed E-state index contributed by atoms with van der Waals surface area (Å²) in [6.45, 7) is 3.61. The van der Waals surface area contributed by atoms with Crippen LogP contribution in [0.25, 0.3) is 22.2 Å². The molecule has 0 radical (unpaired) electrons. The summed E-state index contributed by atoms with van der Waals surface area (Å²) in [4.78, 5) is 29.0. The van der Waals surface area contributed by atoms with E-state index in [0.29, 0.717) is 33.9 Å². The number of primary amides is 1. The van der Waals surface area contributed by atoms with Crippen LogP contribution in [0, 0.1) is 18.3 Å². The van der Waals surface area contributed by atoms with Gasteiger partial charge in [-0.3, -0.25) is 9.78 Å². The van der Waals surface area contributed by atoms with Gasteiger partial charge >= 0.3 is 0 Å². The Kier molecular flexibility index (Phi) is 5.16. The maximum absolute atomic E-state index is 11.7. The third-order valence-electron chi connectivity index (χ3n) is 5.21. The Morgan fingerprint density at radius 1 is 1.25 bits per heavy atom. The number of pyridine rings is 2. The Morgan fingerprint density at radius 3 is 2.75 bits per heavy atom. The summed E-state index contributed by atoms with van der Waals surface area (Å²) in [5.41, 5.74) is 16.2. The zero-order chi connectivity index (χ0) is 23.0. The van der Waals surface area contributed by atoms with Crippen molar-refractivity contribution < 1.29 is 4.79 Å². The van der Waals surface area contributed by atoms with E-state index in [2.05, 4.69) is 26.3 Å². The molecule has 5 N–H and O–H groups in total. The smallest absolute Gasteiger partial charge is 0.250 e. The summed E-state index contributed by atoms with van der Waals surface area (Å²) in [5, 5.41) is 12.8. The third-order valence-corrected chi connectivity index (χ3v) is 5.21. The molecule has 0 saturated heterocycles. The summed E-state index contributed by atoms with van der Waals surface area (Å²) in [6, 6.07) is 7.34. The van der Waals surface area contributed by atoms with Gasteiger partial charge < -0.3 is 21.4 Å². The summed E-state index contributed by atoms with van der Waals surface area (Å²) in [7, 11) is 1.93. The Balaban J connectivity index is 1.87. The lowest BCUT2D eigenvalue weighted by molar-refractivity contribution is 0.1000. The van der Waals surface area contributed by atoms with E-state index in [-0.39, 0.29) is 12.0 Å². The number of aryl methyl sites for hydroxylation is 2. The van der Waals surface area contributed by atoms with E-state index in [1.165, 1.54) is 6.20 Å². The van der Waals surface area contributed by atoms with E-state index in [4.69, 9.17) is 16.5 Å². The van der Waals surface area contributed by atoms with Crippen LogP contribution in [-0.2, 0) is 7.05 Å². The molecule has 32 heavy (non-hydrogen) atoms. The molecule has 0 fully saturated rings. The summed E-state index contributed by atoms with van der Waals surface area (Å²) < 4.78 is 1.96. The minimum Gasteiger partial charge on any atom is -0.368 e. The van der Waals surface area contributed by atoms with Crippen molar-refractivity contribution in [3.8, 4) is 17.2 Å². The quantitative estimate of drug-likeness (QED) is 0.437. The van der Waals surface area contributed by atoms with Gasteiger partial charge in [-0.15, -0.1) is 0 Å². The Labute approximate surface area is 183 Å². The SMILES string of the molecule is Cc1nc(N)nc(N[C@@H](C)c2nc3ccn(C)c3cc2-c2cncc(C(N)=O)c2)c1C#N. The number of nitrogens with one attached hydrogen (secondary N) is 1. The van der Waals surface area contributed by atoms with Crippen molar-refractivity contribution in [2.24, 2.45) is 12.8 Å². The van der Waals surface area contributed by atoms with E-state index in [9.17, 15) is 10.1 Å². The molecule has 10 nitrogen and oxygen atoms in total. The highest BCUT2D eigenvalue weighted by molar-refractivity contribution is 5.94. The molecule has 4 rings (SSSR count). The number of amides is 1. The normalized spacial score (nSPS) is 11.8. The van der Waals surface area contributed by atoms with Gasteiger partial charge in [0.2, 0.25) is 11.9 Å². The second-order valence-corrected chi connectivity index (χ2v) is 7.45. The van der Waals surface area contributed by atoms with Crippen LogP contribution in [0.4, 0.5) is 11.8 Å². The first kappa shape index (κ1) is 20.7. The molecular formula is C22H21N9O. The van der Waals surface area contributed by atoms with Crippen molar-refractivity contribution in [2.75, 3.05) is 11.1 Å². The molecule has 1 amide bonds. The van der Waals surface area contributed by atoms with Gasteiger partial charge in [0, 0.05) is 36.8 Å². The second kappa shape index (κ2) is 7.96. The predicted octanol–water partition coefficient (Wildman–Crippen LogP) is 2.46. The molecule has 0 aromatic carbocycles. The highest BCUT2D eigenvalue weighted by Crippen LogP contribution is 2.32. The molecule has 0 aliphatic carbocycles. The number of nitrogens with two attached hydrogens (primary N) is 2. The van der Waals surface area contributed by atoms with Crippen molar-refractivity contribution in [3.05, 3.63) is 59.3 Å². The summed E-state index contributed by atoms with van der Waals surface area (Å²) in [5.74, 6) is -0.165. The highest BCUT2D eigenvalue weighted by atomic mass is 16.1. The zero-order valence-electron chi connectivity index (χ0n) is 17.8. The number of hydrogen-bond donors (Lipinski definition) is 3. The summed E-state index contributed by atoms with van der Waals surface area (Å²) >= 11 is 0. The number of carbonyl (C=O) groups is 1. The van der Waals surface area contributed by atoms with Gasteiger partial charge in [-0.25, -0.2) is 9.97 Å². The van der Waals surface area contributed by atoms with Gasteiger partial charge in [-0.05, 0) is 32.0 Å². The molecule has 0 unspecified atom stereocenters. The van der Waals surface area contributed by atoms with Crippen molar-refractivity contribution >= 4 is 28.7 Å². The van der Waals surface area contributed by atoms with Crippen molar-refractivity contribution in [1.29, 1.82) is 5.26 Å². The van der Waals surface area contributed by atoms with Crippen LogP contribution in [0.3, 0.4) is 0 Å². The minimum absolute atomic E-state index is 0.0706. The lowest BCUT2D eigenvalue weighted by atomic mass is 9.99. The minimum atomic E-state index is -0.564. The van der Waals surface area contributed by atoms with Crippen LogP contribution in [0.1, 0.15) is 40.3 Å². The van der Waals surface area contributed by atoms with E-state index < -0.39 is 5.91 Å². The van der Waals surface area contributed by atoms with Crippen molar-refractivity contribution in [1.82, 2.24) is 24.5 Å². The fraction of sp³-hybridized carbons (Fsp3) is 0.182. The predicted molar refractivity (Wildman–Crippen MR) is 120 cm³/mol. The maximum Gasteiger partial charge on any atom is 0.250 e. The van der Waals surface area contributed by atoms with Gasteiger partial charge in [0.05, 0.1) is 34.0 Å². The molecule has 1 atom stereocenters. The van der Waals surface area contributed by atoms with E-state index >= 15 is 0 Å². The number of carbonyl (C=O) groups excluding carboxylic acids is 1. The number of rotatable bonds is 5. The molecule has 0 bridgehead atoms. The molecule has 4 heterocycles. The fourth-order valence-corrected chi connectivity index (χ4v) is 3.59. The summed E-state index contributed by atoms with van der Waals surface area (Å²) in [6.07, 6.45) is 5.00. The number of hydrogen-bond acceptors (Lipinski definition) is 8. The molecule has 0 aliphatic rings. The van der Waals surface area contributed by atoms with E-state index in [1.54, 1.807) is 19.2 Å². The Bertz CT molecular complexity index is 1400. The van der Waals surface area contributed by atoms with Gasteiger partial charge in [-0.2, -0.15) is 10.2 Å². The molecule has 160 valence electrons. The first-order valence-electron chi connectivity index (χ1n) is 9.80. The van der Waals surface area contributed by atoms with Crippen LogP contribution in [0.15, 0.2) is 36.8 Å². The van der Waals surface area contributed by atoms with E-state index in [0.717, 1.165) is 16.6 Å². The number of nitrogen functional groups attached to an aromatic ring is 1. The average Bonchev–Trinajstić information content (AvgIpc) is 3.12. The lowest BCUT2D eigenvalue weighted by Gasteiger charge is -2.19. The number of nitrogens with zero attached hydrogens (tertiary/aromatic N) is 6. The van der Waals surface area contributed by atoms with Crippen LogP contribution in [0.2, 0.25) is 0 Å². The second-order valence-electron chi connectivity index (χ2n) is 7.45. The third kappa shape index (κ3) is 3.67. The van der Waals surface area contributed by atoms with Gasteiger partial charge in [0.25, 0.3) is 0 Å². The van der Waals surface area contributed by atoms with Gasteiger partial charge in [-0.1, -0.05) is 0 Å². The first-order chi connectivity index (χ1) is 15.3. The first-order valence-corrected chi connectivity index (χ1v) is 9.80. The largest absolute Gasteiger partial charge is 0.368 e. The maximum atomic E-state index is 11.7. The number of nitriles is 1. The van der Waals surface area contributed by atoms with Crippen molar-refractivity contribution in [3.63, 3.8) is 0 Å². The number of anilines is 2.